The van der Waals surface area contributed by atoms with Crippen LogP contribution in [-0.2, 0) is 17.9 Å². The minimum atomic E-state index is -0.337. The first-order valence-electron chi connectivity index (χ1n) is 11.0. The van der Waals surface area contributed by atoms with Crippen molar-refractivity contribution in [2.45, 2.75) is 59.5 Å². The molecule has 1 amide bonds. The molecule has 0 spiro atoms. The van der Waals surface area contributed by atoms with Gasteiger partial charge in [-0.2, -0.15) is 0 Å². The first kappa shape index (κ1) is 22.5. The number of rotatable bonds is 9. The molecule has 0 saturated carbocycles. The molecule has 1 N–H and O–H groups in total. The molecule has 0 bridgehead atoms. The molecule has 0 fully saturated rings. The Labute approximate surface area is 182 Å². The fourth-order valence-corrected chi connectivity index (χ4v) is 3.75. The number of nitrogens with zero attached hydrogens (tertiary/aromatic N) is 2. The molecule has 0 aliphatic carbocycles. The minimum Gasteiger partial charge on any atom is -0.356 e. The predicted octanol–water partition coefficient (Wildman–Crippen LogP) is 3.52. The van der Waals surface area contributed by atoms with Crippen molar-refractivity contribution < 1.29 is 4.79 Å². The van der Waals surface area contributed by atoms with E-state index in [1.165, 1.54) is 4.57 Å². The fraction of sp³-hybridized carbons (Fsp3) is 0.400. The van der Waals surface area contributed by atoms with E-state index < -0.39 is 0 Å². The number of hydrogen-bond acceptors (Lipinski definition) is 3. The van der Waals surface area contributed by atoms with E-state index in [4.69, 9.17) is 0 Å². The second kappa shape index (κ2) is 10.2. The molecule has 1 aromatic heterocycles. The monoisotopic (exact) mass is 421 g/mol. The molecule has 164 valence electrons. The number of nitrogens with one attached hydrogen (secondary N) is 1. The summed E-state index contributed by atoms with van der Waals surface area (Å²) in [5, 5.41) is 3.39. The van der Waals surface area contributed by atoms with Crippen molar-refractivity contribution in [2.24, 2.45) is 0 Å². The molecular formula is C25H31N3O3. The van der Waals surface area contributed by atoms with Crippen molar-refractivity contribution in [2.75, 3.05) is 6.54 Å². The van der Waals surface area contributed by atoms with Gasteiger partial charge in [0.15, 0.2) is 0 Å². The predicted molar refractivity (Wildman–Crippen MR) is 125 cm³/mol. The van der Waals surface area contributed by atoms with Crippen molar-refractivity contribution in [1.29, 1.82) is 0 Å². The lowest BCUT2D eigenvalue weighted by molar-refractivity contribution is -0.121. The molecular weight excluding hydrogens is 390 g/mol. The van der Waals surface area contributed by atoms with Gasteiger partial charge in [-0.3, -0.25) is 18.7 Å². The summed E-state index contributed by atoms with van der Waals surface area (Å²) in [7, 11) is 0. The van der Waals surface area contributed by atoms with Crippen molar-refractivity contribution in [3.05, 3.63) is 80.0 Å². The Hall–Kier alpha value is -3.15. The Morgan fingerprint density at radius 3 is 2.55 bits per heavy atom. The van der Waals surface area contributed by atoms with Gasteiger partial charge in [0.2, 0.25) is 5.91 Å². The van der Waals surface area contributed by atoms with Gasteiger partial charge in [-0.15, -0.1) is 0 Å². The molecule has 0 atom stereocenters. The minimum absolute atomic E-state index is 0.0435. The number of aromatic nitrogens is 2. The van der Waals surface area contributed by atoms with E-state index in [0.717, 1.165) is 29.5 Å². The third-order valence-corrected chi connectivity index (χ3v) is 5.60. The fourth-order valence-electron chi connectivity index (χ4n) is 3.75. The number of aryl methyl sites for hydroxylation is 2. The van der Waals surface area contributed by atoms with Crippen LogP contribution in [0.4, 0.5) is 0 Å². The molecule has 31 heavy (non-hydrogen) atoms. The quantitative estimate of drug-likeness (QED) is 0.537. The number of fused-ring (bicyclic) bond motifs is 1. The van der Waals surface area contributed by atoms with Gasteiger partial charge in [-0.1, -0.05) is 49.2 Å². The highest BCUT2D eigenvalue weighted by Gasteiger charge is 2.14. The van der Waals surface area contributed by atoms with Gasteiger partial charge in [0, 0.05) is 19.5 Å². The van der Waals surface area contributed by atoms with E-state index in [2.05, 4.69) is 18.3 Å². The second-order valence-electron chi connectivity index (χ2n) is 8.08. The maximum Gasteiger partial charge on any atom is 0.331 e. The van der Waals surface area contributed by atoms with Gasteiger partial charge in [0.05, 0.1) is 17.4 Å². The molecule has 6 heteroatoms. The van der Waals surface area contributed by atoms with Crippen LogP contribution in [0.25, 0.3) is 10.9 Å². The summed E-state index contributed by atoms with van der Waals surface area (Å²) in [5.41, 5.74) is 3.27. The first-order valence-corrected chi connectivity index (χ1v) is 11.0. The maximum atomic E-state index is 13.3. The first-order chi connectivity index (χ1) is 14.9. The zero-order chi connectivity index (χ0) is 22.4. The van der Waals surface area contributed by atoms with Crippen molar-refractivity contribution in [3.8, 4) is 0 Å². The molecule has 1 heterocycles. The van der Waals surface area contributed by atoms with Crippen LogP contribution in [0.15, 0.2) is 52.1 Å². The zero-order valence-electron chi connectivity index (χ0n) is 18.6. The lowest BCUT2D eigenvalue weighted by Gasteiger charge is -2.16. The SMILES string of the molecule is CCCCNC(=O)CCCn1c(=O)c2ccccc2n(Cc2cc(C)ccc2C)c1=O. The van der Waals surface area contributed by atoms with Crippen LogP contribution in [0.1, 0.15) is 49.3 Å². The maximum absolute atomic E-state index is 13.3. The van der Waals surface area contributed by atoms with Gasteiger partial charge >= 0.3 is 5.69 Å². The standard InChI is InChI=1S/C25H31N3O3/c1-4-5-14-26-23(29)11-8-15-27-24(30)21-9-6-7-10-22(21)28(25(27)31)17-20-16-18(2)12-13-19(20)3/h6-7,9-10,12-13,16H,4-5,8,11,14-15,17H2,1-3H3,(H,26,29). The van der Waals surface area contributed by atoms with Crippen LogP contribution in [0, 0.1) is 13.8 Å². The lowest BCUT2D eigenvalue weighted by atomic mass is 10.1. The Balaban J connectivity index is 1.92. The number of benzene rings is 2. The largest absolute Gasteiger partial charge is 0.356 e. The summed E-state index contributed by atoms with van der Waals surface area (Å²) < 4.78 is 2.94. The van der Waals surface area contributed by atoms with Crippen LogP contribution in [0.5, 0.6) is 0 Å². The summed E-state index contributed by atoms with van der Waals surface area (Å²) >= 11 is 0. The van der Waals surface area contributed by atoms with Crippen LogP contribution < -0.4 is 16.6 Å². The van der Waals surface area contributed by atoms with E-state index >= 15 is 0 Å². The van der Waals surface area contributed by atoms with Crippen LogP contribution >= 0.6 is 0 Å². The van der Waals surface area contributed by atoms with Crippen molar-refractivity contribution in [3.63, 3.8) is 0 Å². The molecule has 2 aromatic carbocycles. The number of carbonyl (C=O) groups excluding carboxylic acids is 1. The molecule has 0 aliphatic heterocycles. The average Bonchev–Trinajstić information content (AvgIpc) is 2.76. The third-order valence-electron chi connectivity index (χ3n) is 5.60. The van der Waals surface area contributed by atoms with Crippen LogP contribution in [0.2, 0.25) is 0 Å². The number of para-hydroxylation sites is 1. The summed E-state index contributed by atoms with van der Waals surface area (Å²) in [4.78, 5) is 38.3. The van der Waals surface area contributed by atoms with Gasteiger partial charge in [0.25, 0.3) is 5.56 Å². The Bertz CT molecular complexity index is 1190. The summed E-state index contributed by atoms with van der Waals surface area (Å²) in [5.74, 6) is -0.0435. The van der Waals surface area contributed by atoms with E-state index in [1.54, 1.807) is 10.6 Å². The molecule has 3 rings (SSSR count). The molecule has 3 aromatic rings. The van der Waals surface area contributed by atoms with Crippen LogP contribution in [-0.4, -0.2) is 21.6 Å². The third kappa shape index (κ3) is 5.32. The van der Waals surface area contributed by atoms with Gasteiger partial charge in [-0.25, -0.2) is 4.79 Å². The van der Waals surface area contributed by atoms with Gasteiger partial charge in [0.1, 0.15) is 0 Å². The van der Waals surface area contributed by atoms with Gasteiger partial charge < -0.3 is 5.32 Å². The molecule has 0 unspecified atom stereocenters. The molecule has 0 saturated heterocycles. The Kier molecular flexibility index (Phi) is 7.45. The van der Waals surface area contributed by atoms with E-state index in [9.17, 15) is 14.4 Å². The highest BCUT2D eigenvalue weighted by molar-refractivity contribution is 5.78. The normalized spacial score (nSPS) is 11.1. The summed E-state index contributed by atoms with van der Waals surface area (Å²) in [6, 6.07) is 13.4. The topological polar surface area (TPSA) is 73.1 Å². The lowest BCUT2D eigenvalue weighted by Crippen LogP contribution is -2.40. The van der Waals surface area contributed by atoms with Crippen LogP contribution in [0.3, 0.4) is 0 Å². The number of carbonyl (C=O) groups is 1. The zero-order valence-corrected chi connectivity index (χ0v) is 18.6. The van der Waals surface area contributed by atoms with Gasteiger partial charge in [-0.05, 0) is 49.9 Å². The Morgan fingerprint density at radius 1 is 1.00 bits per heavy atom. The summed E-state index contributed by atoms with van der Waals surface area (Å²) in [6.45, 7) is 7.39. The highest BCUT2D eigenvalue weighted by atomic mass is 16.2. The number of hydrogen-bond donors (Lipinski definition) is 1. The molecule has 0 radical (unpaired) electrons. The van der Waals surface area contributed by atoms with E-state index in [0.29, 0.717) is 36.8 Å². The van der Waals surface area contributed by atoms with Crippen molar-refractivity contribution in [1.82, 2.24) is 14.5 Å². The Morgan fingerprint density at radius 2 is 1.77 bits per heavy atom. The van der Waals surface area contributed by atoms with Crippen molar-refractivity contribution >= 4 is 16.8 Å². The molecule has 0 aliphatic rings. The molecule has 6 nitrogen and oxygen atoms in total. The summed E-state index contributed by atoms with van der Waals surface area (Å²) in [6.07, 6.45) is 2.69. The van der Waals surface area contributed by atoms with E-state index in [1.807, 2.05) is 44.2 Å². The number of amides is 1. The highest BCUT2D eigenvalue weighted by Crippen LogP contribution is 2.15. The second-order valence-corrected chi connectivity index (χ2v) is 8.08. The number of unbranched alkanes of at least 4 members (excludes halogenated alkanes) is 1. The average molecular weight is 422 g/mol. The smallest absolute Gasteiger partial charge is 0.331 e. The van der Waals surface area contributed by atoms with E-state index in [-0.39, 0.29) is 23.7 Å².